The van der Waals surface area contributed by atoms with Crippen molar-refractivity contribution < 1.29 is 0 Å². The number of hydrogen-bond acceptors (Lipinski definition) is 2. The molecule has 2 unspecified atom stereocenters. The summed E-state index contributed by atoms with van der Waals surface area (Å²) < 4.78 is 0.940. The molecule has 0 saturated heterocycles. The normalized spacial score (nSPS) is 24.5. The molecule has 0 saturated carbocycles. The van der Waals surface area contributed by atoms with Gasteiger partial charge in [0.05, 0.1) is 6.04 Å². The van der Waals surface area contributed by atoms with E-state index in [0.29, 0.717) is 11.3 Å². The highest BCUT2D eigenvalue weighted by molar-refractivity contribution is 8.32. The molecular weight excluding hydrogens is 234 g/mol. The summed E-state index contributed by atoms with van der Waals surface area (Å²) in [6, 6.07) is 10.9. The maximum Gasteiger partial charge on any atom is 0.122 e. The Balaban J connectivity index is 2.11. The Morgan fingerprint density at radius 1 is 1.31 bits per heavy atom. The van der Waals surface area contributed by atoms with Gasteiger partial charge in [0, 0.05) is 5.25 Å². The van der Waals surface area contributed by atoms with Crippen molar-refractivity contribution in [3.05, 3.63) is 35.9 Å². The minimum Gasteiger partial charge on any atom is -0.263 e. The second-order valence-corrected chi connectivity index (χ2v) is 6.02. The number of nitrogens with zero attached hydrogens (tertiary/aromatic N) is 1. The predicted octanol–water partition coefficient (Wildman–Crippen LogP) is 4.32. The van der Waals surface area contributed by atoms with Gasteiger partial charge >= 0.3 is 0 Å². The van der Waals surface area contributed by atoms with Crippen molar-refractivity contribution in [3.63, 3.8) is 0 Å². The van der Waals surface area contributed by atoms with E-state index in [1.54, 1.807) is 0 Å². The van der Waals surface area contributed by atoms with Crippen LogP contribution in [-0.2, 0) is 0 Å². The Morgan fingerprint density at radius 2 is 2.06 bits per heavy atom. The van der Waals surface area contributed by atoms with Crippen LogP contribution in [-0.4, -0.2) is 9.63 Å². The molecule has 1 heterocycles. The number of benzene rings is 1. The molecular formula is C13H17NS2. The van der Waals surface area contributed by atoms with E-state index in [0.717, 1.165) is 4.38 Å². The number of aliphatic imine (C=N–C) groups is 1. The predicted molar refractivity (Wildman–Crippen MR) is 76.5 cm³/mol. The molecule has 0 spiro atoms. The van der Waals surface area contributed by atoms with E-state index in [1.807, 2.05) is 11.8 Å². The Morgan fingerprint density at radius 3 is 2.75 bits per heavy atom. The molecule has 1 nitrogen and oxygen atoms in total. The lowest BCUT2D eigenvalue weighted by molar-refractivity contribution is 0.609. The third kappa shape index (κ3) is 2.83. The highest BCUT2D eigenvalue weighted by Gasteiger charge is 2.29. The molecule has 0 aliphatic carbocycles. The van der Waals surface area contributed by atoms with Crippen LogP contribution < -0.4 is 0 Å². The van der Waals surface area contributed by atoms with E-state index in [4.69, 9.17) is 0 Å². The number of unbranched alkanes of at least 4 members (excludes halogenated alkanes) is 1. The molecule has 16 heavy (non-hydrogen) atoms. The molecule has 0 amide bonds. The third-order valence-electron chi connectivity index (χ3n) is 2.84. The van der Waals surface area contributed by atoms with Gasteiger partial charge in [-0.1, -0.05) is 61.9 Å². The molecule has 0 fully saturated rings. The highest BCUT2D eigenvalue weighted by atomic mass is 32.2. The van der Waals surface area contributed by atoms with Crippen molar-refractivity contribution in [2.45, 2.75) is 37.5 Å². The second kappa shape index (κ2) is 5.78. The Hall–Kier alpha value is -0.410. The topological polar surface area (TPSA) is 12.4 Å². The van der Waals surface area contributed by atoms with Crippen LogP contribution in [0.1, 0.15) is 37.8 Å². The first-order valence-corrected chi connectivity index (χ1v) is 7.12. The van der Waals surface area contributed by atoms with Crippen molar-refractivity contribution in [1.29, 1.82) is 0 Å². The van der Waals surface area contributed by atoms with Crippen LogP contribution >= 0.6 is 24.4 Å². The summed E-state index contributed by atoms with van der Waals surface area (Å²) in [6.45, 7) is 2.24. The summed E-state index contributed by atoms with van der Waals surface area (Å²) in [7, 11) is 0. The van der Waals surface area contributed by atoms with Gasteiger partial charge in [-0.25, -0.2) is 0 Å². The third-order valence-corrected chi connectivity index (χ3v) is 4.39. The van der Waals surface area contributed by atoms with E-state index in [-0.39, 0.29) is 0 Å². The lowest BCUT2D eigenvalue weighted by Gasteiger charge is -2.16. The smallest absolute Gasteiger partial charge is 0.122 e. The van der Waals surface area contributed by atoms with Crippen LogP contribution in [0.3, 0.4) is 0 Å². The van der Waals surface area contributed by atoms with Crippen molar-refractivity contribution in [3.8, 4) is 0 Å². The van der Waals surface area contributed by atoms with Gasteiger partial charge in [0.1, 0.15) is 4.38 Å². The molecule has 2 rings (SSSR count). The summed E-state index contributed by atoms with van der Waals surface area (Å²) in [6.07, 6.45) is 3.76. The Kier molecular flexibility index (Phi) is 4.36. The first kappa shape index (κ1) is 12.1. The monoisotopic (exact) mass is 251 g/mol. The van der Waals surface area contributed by atoms with Crippen LogP contribution in [0.15, 0.2) is 35.3 Å². The van der Waals surface area contributed by atoms with Crippen LogP contribution in [0.2, 0.25) is 0 Å². The molecule has 1 aliphatic heterocycles. The first-order valence-electron chi connectivity index (χ1n) is 5.79. The number of thiol groups is 1. The van der Waals surface area contributed by atoms with Crippen LogP contribution in [0.25, 0.3) is 0 Å². The number of thioether (sulfide) groups is 1. The minimum atomic E-state index is 0.310. The molecule has 0 radical (unpaired) electrons. The van der Waals surface area contributed by atoms with E-state index >= 15 is 0 Å². The zero-order valence-corrected chi connectivity index (χ0v) is 11.2. The molecule has 2 atom stereocenters. The molecule has 1 aromatic rings. The van der Waals surface area contributed by atoms with E-state index in [2.05, 4.69) is 54.9 Å². The molecule has 86 valence electrons. The SMILES string of the molecule is CCCCC1SC(S)=NC1c1ccccc1. The fourth-order valence-corrected chi connectivity index (χ4v) is 3.60. The van der Waals surface area contributed by atoms with Gasteiger partial charge in [0.2, 0.25) is 0 Å². The highest BCUT2D eigenvalue weighted by Crippen LogP contribution is 2.41. The fourth-order valence-electron chi connectivity index (χ4n) is 1.99. The van der Waals surface area contributed by atoms with Gasteiger partial charge in [-0.3, -0.25) is 4.99 Å². The van der Waals surface area contributed by atoms with E-state index in [1.165, 1.54) is 24.8 Å². The fraction of sp³-hybridized carbons (Fsp3) is 0.462. The van der Waals surface area contributed by atoms with Crippen molar-refractivity contribution in [2.75, 3.05) is 0 Å². The number of rotatable bonds is 4. The van der Waals surface area contributed by atoms with Crippen molar-refractivity contribution in [1.82, 2.24) is 0 Å². The van der Waals surface area contributed by atoms with Crippen LogP contribution in [0.4, 0.5) is 0 Å². The van der Waals surface area contributed by atoms with Crippen molar-refractivity contribution in [2.24, 2.45) is 4.99 Å². The molecule has 1 aromatic carbocycles. The largest absolute Gasteiger partial charge is 0.263 e. The second-order valence-electron chi connectivity index (χ2n) is 4.07. The van der Waals surface area contributed by atoms with Gasteiger partial charge in [-0.15, -0.1) is 12.6 Å². The lowest BCUT2D eigenvalue weighted by Crippen LogP contribution is -2.09. The number of hydrogen-bond donors (Lipinski definition) is 1. The van der Waals surface area contributed by atoms with Gasteiger partial charge in [-0.2, -0.15) is 0 Å². The maximum atomic E-state index is 4.64. The van der Waals surface area contributed by atoms with Crippen molar-refractivity contribution >= 4 is 28.8 Å². The zero-order valence-electron chi connectivity index (χ0n) is 9.47. The standard InChI is InChI=1S/C13H17NS2/c1-2-3-9-11-12(14-13(15)16-11)10-7-5-4-6-8-10/h4-8,11-12H,2-3,9H2,1H3,(H,14,15). The summed E-state index contributed by atoms with van der Waals surface area (Å²) in [4.78, 5) is 4.64. The van der Waals surface area contributed by atoms with Gasteiger partial charge in [0.15, 0.2) is 0 Å². The molecule has 0 aromatic heterocycles. The van der Waals surface area contributed by atoms with Crippen LogP contribution in [0.5, 0.6) is 0 Å². The van der Waals surface area contributed by atoms with E-state index < -0.39 is 0 Å². The average molecular weight is 251 g/mol. The summed E-state index contributed by atoms with van der Waals surface area (Å²) >= 11 is 6.22. The summed E-state index contributed by atoms with van der Waals surface area (Å²) in [5.41, 5.74) is 1.32. The van der Waals surface area contributed by atoms with Gasteiger partial charge < -0.3 is 0 Å². The molecule has 0 bridgehead atoms. The van der Waals surface area contributed by atoms with Gasteiger partial charge in [0.25, 0.3) is 0 Å². The first-order chi connectivity index (χ1) is 7.81. The summed E-state index contributed by atoms with van der Waals surface area (Å²) in [5, 5.41) is 0.579. The van der Waals surface area contributed by atoms with Crippen LogP contribution in [0, 0.1) is 0 Å². The summed E-state index contributed by atoms with van der Waals surface area (Å²) in [5.74, 6) is 0. The average Bonchev–Trinajstić information content (AvgIpc) is 2.69. The Labute approximate surface area is 107 Å². The molecule has 3 heteroatoms. The maximum absolute atomic E-state index is 4.64. The molecule has 0 N–H and O–H groups in total. The zero-order chi connectivity index (χ0) is 11.4. The minimum absolute atomic E-state index is 0.310. The lowest BCUT2D eigenvalue weighted by atomic mass is 10.0. The van der Waals surface area contributed by atoms with Gasteiger partial charge in [-0.05, 0) is 12.0 Å². The molecule has 1 aliphatic rings. The van der Waals surface area contributed by atoms with E-state index in [9.17, 15) is 0 Å². The quantitative estimate of drug-likeness (QED) is 0.786. The Bertz CT molecular complexity index is 361.